The summed E-state index contributed by atoms with van der Waals surface area (Å²) in [4.78, 5) is 30.6. The van der Waals surface area contributed by atoms with E-state index in [1.165, 1.54) is 28.4 Å². The molecule has 0 atom stereocenters. The summed E-state index contributed by atoms with van der Waals surface area (Å²) in [5, 5.41) is 0. The van der Waals surface area contributed by atoms with Crippen LogP contribution in [0.5, 0.6) is 0 Å². The maximum absolute atomic E-state index is 13.5. The van der Waals surface area contributed by atoms with Gasteiger partial charge >= 0.3 is 5.69 Å². The normalized spacial score (nSPS) is 13.9. The maximum atomic E-state index is 13.5. The number of carbonyl (C=O) groups excluding carboxylic acids is 1. The summed E-state index contributed by atoms with van der Waals surface area (Å²) in [7, 11) is 1.53. The molecule has 3 aromatic rings. The van der Waals surface area contributed by atoms with E-state index in [1.54, 1.807) is 4.90 Å². The fourth-order valence-corrected chi connectivity index (χ4v) is 3.11. The van der Waals surface area contributed by atoms with Crippen LogP contribution in [-0.4, -0.2) is 38.0 Å². The second-order valence-electron chi connectivity index (χ2n) is 6.48. The van der Waals surface area contributed by atoms with E-state index in [9.17, 15) is 22.8 Å². The average molecular weight is 376 g/mol. The van der Waals surface area contributed by atoms with E-state index in [1.807, 2.05) is 0 Å². The van der Waals surface area contributed by atoms with Crippen LogP contribution in [0.25, 0.3) is 22.3 Å². The van der Waals surface area contributed by atoms with E-state index in [0.29, 0.717) is 29.8 Å². The summed E-state index contributed by atoms with van der Waals surface area (Å²) in [6.07, 6.45) is 2.28. The third-order valence-corrected chi connectivity index (χ3v) is 4.79. The smallest absolute Gasteiger partial charge is 0.330 e. The molecule has 9 heteroatoms. The minimum absolute atomic E-state index is 0.0812. The predicted octanol–water partition coefficient (Wildman–Crippen LogP) is 2.05. The summed E-state index contributed by atoms with van der Waals surface area (Å²) >= 11 is 0. The zero-order valence-corrected chi connectivity index (χ0v) is 14.4. The molecular formula is C18H15F3N4O2. The van der Waals surface area contributed by atoms with Gasteiger partial charge in [-0.3, -0.25) is 13.9 Å². The Bertz CT molecular complexity index is 1110. The summed E-state index contributed by atoms with van der Waals surface area (Å²) in [6.45, 7) is 1.18. The van der Waals surface area contributed by atoms with Crippen LogP contribution in [0.2, 0.25) is 0 Å². The van der Waals surface area contributed by atoms with E-state index in [-0.39, 0.29) is 18.0 Å². The van der Waals surface area contributed by atoms with Crippen LogP contribution in [0.4, 0.5) is 13.2 Å². The van der Waals surface area contributed by atoms with Gasteiger partial charge in [-0.25, -0.2) is 22.9 Å². The summed E-state index contributed by atoms with van der Waals surface area (Å²) in [5.74, 6) is -4.36. The van der Waals surface area contributed by atoms with Gasteiger partial charge in [0.25, 0.3) is 0 Å². The van der Waals surface area contributed by atoms with Crippen molar-refractivity contribution in [3.63, 3.8) is 0 Å². The summed E-state index contributed by atoms with van der Waals surface area (Å²) in [6, 6.07) is 3.23. The Kier molecular flexibility index (Phi) is 4.01. The molecule has 1 fully saturated rings. The molecule has 4 rings (SSSR count). The zero-order chi connectivity index (χ0) is 19.3. The Labute approximate surface area is 151 Å². The highest BCUT2D eigenvalue weighted by atomic mass is 19.2. The molecule has 0 N–H and O–H groups in total. The van der Waals surface area contributed by atoms with Gasteiger partial charge in [-0.15, -0.1) is 0 Å². The van der Waals surface area contributed by atoms with Crippen molar-refractivity contribution in [2.24, 2.45) is 7.05 Å². The first kappa shape index (κ1) is 17.3. The zero-order valence-electron chi connectivity index (χ0n) is 14.4. The van der Waals surface area contributed by atoms with Crippen molar-refractivity contribution in [1.29, 1.82) is 0 Å². The lowest BCUT2D eigenvalue weighted by molar-refractivity contribution is -0.135. The van der Waals surface area contributed by atoms with Crippen LogP contribution in [0.15, 0.2) is 29.2 Å². The van der Waals surface area contributed by atoms with E-state index in [4.69, 9.17) is 0 Å². The molecule has 0 bridgehead atoms. The van der Waals surface area contributed by atoms with Crippen LogP contribution in [0, 0.1) is 17.5 Å². The third-order valence-electron chi connectivity index (χ3n) is 4.79. The van der Waals surface area contributed by atoms with Crippen LogP contribution in [0.3, 0.4) is 0 Å². The standard InChI is InChI=1S/C18H15F3N4O2/c1-23-17-14(25(18(23)27)9-15(26)24-3-2-4-24)7-11(8-22-17)10-5-12(19)16(21)13(20)6-10/h5-8H,2-4,9H2,1H3. The number of fused-ring (bicyclic) bond motifs is 1. The Morgan fingerprint density at radius 2 is 1.78 bits per heavy atom. The summed E-state index contributed by atoms with van der Waals surface area (Å²) < 4.78 is 42.9. The highest BCUT2D eigenvalue weighted by Gasteiger charge is 2.23. The van der Waals surface area contributed by atoms with Gasteiger partial charge in [-0.2, -0.15) is 0 Å². The van der Waals surface area contributed by atoms with Crippen LogP contribution < -0.4 is 5.69 Å². The molecule has 0 spiro atoms. The van der Waals surface area contributed by atoms with E-state index >= 15 is 0 Å². The molecule has 3 heterocycles. The van der Waals surface area contributed by atoms with Gasteiger partial charge in [0.15, 0.2) is 23.1 Å². The number of amides is 1. The lowest BCUT2D eigenvalue weighted by Crippen LogP contribution is -2.44. The molecule has 1 aliphatic heterocycles. The highest BCUT2D eigenvalue weighted by molar-refractivity contribution is 5.82. The van der Waals surface area contributed by atoms with Crippen molar-refractivity contribution >= 4 is 17.1 Å². The second-order valence-corrected chi connectivity index (χ2v) is 6.48. The number of hydrogen-bond donors (Lipinski definition) is 0. The number of rotatable bonds is 3. The maximum Gasteiger partial charge on any atom is 0.330 e. The van der Waals surface area contributed by atoms with Gasteiger partial charge in [-0.1, -0.05) is 0 Å². The van der Waals surface area contributed by atoms with Crippen molar-refractivity contribution in [3.05, 3.63) is 52.3 Å². The van der Waals surface area contributed by atoms with Crippen LogP contribution in [0.1, 0.15) is 6.42 Å². The van der Waals surface area contributed by atoms with Crippen molar-refractivity contribution in [2.45, 2.75) is 13.0 Å². The number of imidazole rings is 1. The number of halogens is 3. The molecule has 1 aromatic carbocycles. The fourth-order valence-electron chi connectivity index (χ4n) is 3.11. The molecule has 0 aliphatic carbocycles. The lowest BCUT2D eigenvalue weighted by atomic mass is 10.1. The predicted molar refractivity (Wildman–Crippen MR) is 91.5 cm³/mol. The number of aromatic nitrogens is 3. The van der Waals surface area contributed by atoms with Gasteiger partial charge in [-0.05, 0) is 30.2 Å². The number of benzene rings is 1. The molecule has 1 saturated heterocycles. The SMILES string of the molecule is Cn1c(=O)n(CC(=O)N2CCC2)c2cc(-c3cc(F)c(F)c(F)c3)cnc21. The number of aryl methyl sites for hydroxylation is 1. The third kappa shape index (κ3) is 2.79. The quantitative estimate of drug-likeness (QED) is 0.658. The van der Waals surface area contributed by atoms with Crippen LogP contribution >= 0.6 is 0 Å². The molecule has 0 saturated carbocycles. The Morgan fingerprint density at radius 1 is 1.11 bits per heavy atom. The highest BCUT2D eigenvalue weighted by Crippen LogP contribution is 2.25. The topological polar surface area (TPSA) is 60.1 Å². The average Bonchev–Trinajstić information content (AvgIpc) is 2.82. The Balaban J connectivity index is 1.82. The number of likely N-dealkylation sites (tertiary alicyclic amines) is 1. The Hall–Kier alpha value is -3.10. The number of hydrogen-bond acceptors (Lipinski definition) is 3. The van der Waals surface area contributed by atoms with E-state index in [2.05, 4.69) is 4.98 Å². The monoisotopic (exact) mass is 376 g/mol. The van der Waals surface area contributed by atoms with E-state index in [0.717, 1.165) is 18.6 Å². The van der Waals surface area contributed by atoms with Crippen molar-refractivity contribution in [2.75, 3.05) is 13.1 Å². The number of nitrogens with zero attached hydrogens (tertiary/aromatic N) is 4. The lowest BCUT2D eigenvalue weighted by Gasteiger charge is -2.30. The molecule has 6 nitrogen and oxygen atoms in total. The first-order valence-electron chi connectivity index (χ1n) is 8.35. The molecular weight excluding hydrogens is 361 g/mol. The first-order chi connectivity index (χ1) is 12.9. The second kappa shape index (κ2) is 6.26. The molecule has 1 amide bonds. The molecule has 0 unspecified atom stereocenters. The van der Waals surface area contributed by atoms with Crippen molar-refractivity contribution < 1.29 is 18.0 Å². The van der Waals surface area contributed by atoms with Crippen LogP contribution in [-0.2, 0) is 18.4 Å². The van der Waals surface area contributed by atoms with Gasteiger partial charge < -0.3 is 4.90 Å². The largest absolute Gasteiger partial charge is 0.341 e. The first-order valence-corrected chi connectivity index (χ1v) is 8.35. The van der Waals surface area contributed by atoms with Gasteiger partial charge in [0, 0.05) is 31.9 Å². The summed E-state index contributed by atoms with van der Waals surface area (Å²) in [5.41, 5.74) is 0.663. The van der Waals surface area contributed by atoms with Crippen molar-refractivity contribution in [1.82, 2.24) is 19.0 Å². The van der Waals surface area contributed by atoms with Crippen molar-refractivity contribution in [3.8, 4) is 11.1 Å². The van der Waals surface area contributed by atoms with Gasteiger partial charge in [0.2, 0.25) is 5.91 Å². The van der Waals surface area contributed by atoms with Gasteiger partial charge in [0.1, 0.15) is 6.54 Å². The number of carbonyl (C=O) groups is 1. The molecule has 0 radical (unpaired) electrons. The fraction of sp³-hybridized carbons (Fsp3) is 0.278. The minimum Gasteiger partial charge on any atom is -0.341 e. The minimum atomic E-state index is -1.55. The molecule has 2 aromatic heterocycles. The molecule has 140 valence electrons. The molecule has 27 heavy (non-hydrogen) atoms. The molecule has 1 aliphatic rings. The Morgan fingerprint density at radius 3 is 2.37 bits per heavy atom. The van der Waals surface area contributed by atoms with Gasteiger partial charge in [0.05, 0.1) is 5.52 Å². The van der Waals surface area contributed by atoms with E-state index < -0.39 is 23.1 Å². The number of pyridine rings is 1.